The molecule has 0 radical (unpaired) electrons. The van der Waals surface area contributed by atoms with E-state index < -0.39 is 5.54 Å². The van der Waals surface area contributed by atoms with E-state index in [1.54, 1.807) is 0 Å². The van der Waals surface area contributed by atoms with Crippen molar-refractivity contribution in [3.8, 4) is 0 Å². The van der Waals surface area contributed by atoms with Gasteiger partial charge in [-0.2, -0.15) is 0 Å². The maximum absolute atomic E-state index is 12.3. The van der Waals surface area contributed by atoms with E-state index in [1.807, 2.05) is 0 Å². The Hall–Kier alpha value is -0.610. The SMILES string of the molecule is NC(=O)C(CN(CC1CC1)CC1CC1)(NC1CC1)C1CC1. The summed E-state index contributed by atoms with van der Waals surface area (Å²) in [5.41, 5.74) is 5.46. The number of amides is 1. The Labute approximate surface area is 127 Å². The van der Waals surface area contributed by atoms with E-state index in [0.717, 1.165) is 18.4 Å². The maximum atomic E-state index is 12.3. The fourth-order valence-electron chi connectivity index (χ4n) is 3.70. The van der Waals surface area contributed by atoms with Crippen molar-refractivity contribution in [3.63, 3.8) is 0 Å². The van der Waals surface area contributed by atoms with Gasteiger partial charge in [-0.15, -0.1) is 0 Å². The Kier molecular flexibility index (Phi) is 3.49. The fraction of sp³-hybridized carbons (Fsp3) is 0.941. The Morgan fingerprint density at radius 2 is 1.57 bits per heavy atom. The summed E-state index contributed by atoms with van der Waals surface area (Å²) >= 11 is 0. The van der Waals surface area contributed by atoms with Crippen LogP contribution in [0.1, 0.15) is 51.4 Å². The zero-order valence-electron chi connectivity index (χ0n) is 13.0. The fourth-order valence-corrected chi connectivity index (χ4v) is 3.70. The number of hydrogen-bond donors (Lipinski definition) is 2. The van der Waals surface area contributed by atoms with Gasteiger partial charge in [-0.3, -0.25) is 10.1 Å². The molecule has 0 saturated heterocycles. The topological polar surface area (TPSA) is 58.4 Å². The molecule has 4 fully saturated rings. The molecule has 4 rings (SSSR count). The summed E-state index contributed by atoms with van der Waals surface area (Å²) < 4.78 is 0. The molecule has 0 aromatic rings. The zero-order chi connectivity index (χ0) is 14.4. The highest BCUT2D eigenvalue weighted by Crippen LogP contribution is 2.43. The van der Waals surface area contributed by atoms with Crippen LogP contribution in [0.3, 0.4) is 0 Å². The minimum atomic E-state index is -0.440. The average molecular weight is 291 g/mol. The van der Waals surface area contributed by atoms with Gasteiger partial charge in [-0.25, -0.2) is 0 Å². The van der Waals surface area contributed by atoms with Crippen molar-refractivity contribution in [3.05, 3.63) is 0 Å². The van der Waals surface area contributed by atoms with E-state index >= 15 is 0 Å². The number of nitrogens with zero attached hydrogens (tertiary/aromatic N) is 1. The van der Waals surface area contributed by atoms with Crippen LogP contribution in [-0.4, -0.2) is 42.0 Å². The van der Waals surface area contributed by atoms with Crippen LogP contribution in [0.2, 0.25) is 0 Å². The van der Waals surface area contributed by atoms with Crippen LogP contribution in [0.25, 0.3) is 0 Å². The molecule has 118 valence electrons. The number of carbonyl (C=O) groups excluding carboxylic acids is 1. The van der Waals surface area contributed by atoms with Crippen molar-refractivity contribution >= 4 is 5.91 Å². The monoisotopic (exact) mass is 291 g/mol. The first kappa shape index (κ1) is 14.0. The van der Waals surface area contributed by atoms with E-state index in [-0.39, 0.29) is 5.91 Å². The molecule has 0 heterocycles. The minimum Gasteiger partial charge on any atom is -0.368 e. The molecule has 1 unspecified atom stereocenters. The zero-order valence-corrected chi connectivity index (χ0v) is 13.0. The van der Waals surface area contributed by atoms with E-state index in [4.69, 9.17) is 5.73 Å². The Bertz CT molecular complexity index is 396. The summed E-state index contributed by atoms with van der Waals surface area (Å²) in [6.45, 7) is 3.23. The standard InChI is InChI=1S/C17H29N3O/c18-16(21)17(14-5-6-14,19-15-7-8-15)11-20(9-12-1-2-12)10-13-3-4-13/h12-15,19H,1-11H2,(H2,18,21). The van der Waals surface area contributed by atoms with Gasteiger partial charge in [0.1, 0.15) is 5.54 Å². The first-order chi connectivity index (χ1) is 10.2. The van der Waals surface area contributed by atoms with Crippen LogP contribution >= 0.6 is 0 Å². The lowest BCUT2D eigenvalue weighted by Gasteiger charge is -2.37. The van der Waals surface area contributed by atoms with E-state index in [9.17, 15) is 4.79 Å². The van der Waals surface area contributed by atoms with E-state index in [2.05, 4.69) is 10.2 Å². The molecule has 21 heavy (non-hydrogen) atoms. The van der Waals surface area contributed by atoms with Gasteiger partial charge in [0.05, 0.1) is 0 Å². The molecule has 0 bridgehead atoms. The van der Waals surface area contributed by atoms with Gasteiger partial charge < -0.3 is 10.6 Å². The molecule has 4 nitrogen and oxygen atoms in total. The lowest BCUT2D eigenvalue weighted by atomic mass is 9.90. The second-order valence-electron chi connectivity index (χ2n) is 8.11. The summed E-state index contributed by atoms with van der Waals surface area (Å²) in [6.07, 6.45) is 10.3. The van der Waals surface area contributed by atoms with Crippen molar-refractivity contribution in [2.24, 2.45) is 23.5 Å². The summed E-state index contributed by atoms with van der Waals surface area (Å²) in [4.78, 5) is 14.9. The quantitative estimate of drug-likeness (QED) is 0.641. The van der Waals surface area contributed by atoms with Crippen LogP contribution in [0.15, 0.2) is 0 Å². The second-order valence-corrected chi connectivity index (χ2v) is 8.11. The number of primary amides is 1. The molecule has 4 aliphatic rings. The Morgan fingerprint density at radius 3 is 1.95 bits per heavy atom. The predicted molar refractivity (Wildman–Crippen MR) is 82.7 cm³/mol. The third kappa shape index (κ3) is 3.42. The number of nitrogens with two attached hydrogens (primary N) is 1. The first-order valence-electron chi connectivity index (χ1n) is 8.95. The van der Waals surface area contributed by atoms with E-state index in [1.165, 1.54) is 64.5 Å². The molecule has 1 atom stereocenters. The third-order valence-corrected chi connectivity index (χ3v) is 5.65. The van der Waals surface area contributed by atoms with Gasteiger partial charge in [-0.05, 0) is 69.1 Å². The second kappa shape index (κ2) is 5.24. The largest absolute Gasteiger partial charge is 0.368 e. The molecule has 3 N–H and O–H groups in total. The molecule has 0 spiro atoms. The minimum absolute atomic E-state index is 0.103. The van der Waals surface area contributed by atoms with Crippen LogP contribution in [-0.2, 0) is 4.79 Å². The normalized spacial score (nSPS) is 28.6. The molecule has 0 aliphatic heterocycles. The lowest BCUT2D eigenvalue weighted by Crippen LogP contribution is -2.64. The molecular weight excluding hydrogens is 262 g/mol. The number of hydrogen-bond acceptors (Lipinski definition) is 3. The molecule has 1 amide bonds. The predicted octanol–water partition coefficient (Wildman–Crippen LogP) is 1.49. The summed E-state index contributed by atoms with van der Waals surface area (Å²) in [6, 6.07) is 0.543. The highest BCUT2D eigenvalue weighted by Gasteiger charge is 2.53. The van der Waals surface area contributed by atoms with Crippen molar-refractivity contribution in [2.75, 3.05) is 19.6 Å². The molecule has 4 heteroatoms. The third-order valence-electron chi connectivity index (χ3n) is 5.65. The highest BCUT2D eigenvalue weighted by molar-refractivity contribution is 5.86. The molecule has 4 aliphatic carbocycles. The van der Waals surface area contributed by atoms with Gasteiger partial charge in [0.25, 0.3) is 0 Å². The summed E-state index contributed by atoms with van der Waals surface area (Å²) in [5.74, 6) is 2.15. The number of nitrogens with one attached hydrogen (secondary N) is 1. The van der Waals surface area contributed by atoms with Crippen LogP contribution in [0.5, 0.6) is 0 Å². The number of carbonyl (C=O) groups is 1. The molecule has 0 aromatic heterocycles. The van der Waals surface area contributed by atoms with Crippen LogP contribution < -0.4 is 11.1 Å². The Morgan fingerprint density at radius 1 is 1.00 bits per heavy atom. The van der Waals surface area contributed by atoms with Gasteiger partial charge >= 0.3 is 0 Å². The summed E-state index contributed by atoms with van der Waals surface area (Å²) in [7, 11) is 0. The van der Waals surface area contributed by atoms with Crippen molar-refractivity contribution in [1.29, 1.82) is 0 Å². The average Bonchev–Trinajstić information content (AvgIpc) is 3.25. The smallest absolute Gasteiger partial charge is 0.239 e. The molecular formula is C17H29N3O. The van der Waals surface area contributed by atoms with Gasteiger partial charge in [0.2, 0.25) is 5.91 Å². The molecule has 4 saturated carbocycles. The molecule has 0 aromatic carbocycles. The van der Waals surface area contributed by atoms with Crippen LogP contribution in [0.4, 0.5) is 0 Å². The first-order valence-corrected chi connectivity index (χ1v) is 8.95. The highest BCUT2D eigenvalue weighted by atomic mass is 16.1. The van der Waals surface area contributed by atoms with Crippen LogP contribution in [0, 0.1) is 17.8 Å². The number of rotatable bonds is 10. The van der Waals surface area contributed by atoms with Crippen molar-refractivity contribution < 1.29 is 4.79 Å². The van der Waals surface area contributed by atoms with E-state index in [0.29, 0.717) is 12.0 Å². The maximum Gasteiger partial charge on any atom is 0.239 e. The van der Waals surface area contributed by atoms with Gasteiger partial charge in [0.15, 0.2) is 0 Å². The lowest BCUT2D eigenvalue weighted by molar-refractivity contribution is -0.126. The summed E-state index contributed by atoms with van der Waals surface area (Å²) in [5, 5.41) is 3.67. The Balaban J connectivity index is 1.47. The van der Waals surface area contributed by atoms with Gasteiger partial charge in [0, 0.05) is 25.7 Å². The van der Waals surface area contributed by atoms with Crippen molar-refractivity contribution in [2.45, 2.75) is 62.9 Å². The van der Waals surface area contributed by atoms with Gasteiger partial charge in [-0.1, -0.05) is 0 Å². The van der Waals surface area contributed by atoms with Crippen molar-refractivity contribution in [1.82, 2.24) is 10.2 Å².